The first-order chi connectivity index (χ1) is 6.45. The molecule has 1 unspecified atom stereocenters. The highest BCUT2D eigenvalue weighted by Crippen LogP contribution is 2.31. The van der Waals surface area contributed by atoms with E-state index in [2.05, 4.69) is 5.32 Å². The molecule has 1 saturated heterocycles. The molecule has 1 saturated carbocycles. The van der Waals surface area contributed by atoms with Crippen LogP contribution in [0.3, 0.4) is 0 Å². The van der Waals surface area contributed by atoms with Crippen molar-refractivity contribution in [3.8, 4) is 0 Å². The molecule has 2 aliphatic rings. The number of rotatable bonds is 4. The zero-order chi connectivity index (χ0) is 8.93. The Morgan fingerprint density at radius 2 is 2.00 bits per heavy atom. The van der Waals surface area contributed by atoms with Crippen LogP contribution in [0.15, 0.2) is 0 Å². The average Bonchev–Trinajstić information content (AvgIpc) is 2.91. The third-order valence-electron chi connectivity index (χ3n) is 3.13. The van der Waals surface area contributed by atoms with Crippen LogP contribution in [0.5, 0.6) is 0 Å². The predicted molar refractivity (Wildman–Crippen MR) is 53.8 cm³/mol. The molecule has 0 aromatic rings. The Morgan fingerprint density at radius 1 is 1.08 bits per heavy atom. The van der Waals surface area contributed by atoms with Crippen LogP contribution in [0, 0.1) is 5.92 Å². The smallest absolute Gasteiger partial charge is 0.0480 e. The van der Waals surface area contributed by atoms with Gasteiger partial charge in [0.25, 0.3) is 0 Å². The maximum Gasteiger partial charge on any atom is 0.0480 e. The van der Waals surface area contributed by atoms with E-state index in [1.54, 1.807) is 0 Å². The predicted octanol–water partition coefficient (Wildman–Crippen LogP) is 1.95. The summed E-state index contributed by atoms with van der Waals surface area (Å²) in [5, 5.41) is 3.65. The molecule has 2 heteroatoms. The van der Waals surface area contributed by atoms with Crippen molar-refractivity contribution in [3.05, 3.63) is 0 Å². The van der Waals surface area contributed by atoms with Gasteiger partial charge in [-0.05, 0) is 38.1 Å². The van der Waals surface area contributed by atoms with Crippen LogP contribution in [0.2, 0.25) is 0 Å². The van der Waals surface area contributed by atoms with E-state index in [1.165, 1.54) is 45.1 Å². The van der Waals surface area contributed by atoms with Crippen LogP contribution in [-0.4, -0.2) is 25.8 Å². The van der Waals surface area contributed by atoms with Crippen molar-refractivity contribution in [2.24, 2.45) is 5.92 Å². The van der Waals surface area contributed by atoms with Gasteiger partial charge < -0.3 is 10.1 Å². The Hall–Kier alpha value is -0.0800. The molecule has 2 nitrogen and oxygen atoms in total. The van der Waals surface area contributed by atoms with Crippen molar-refractivity contribution >= 4 is 0 Å². The first-order valence-electron chi connectivity index (χ1n) is 5.76. The molecule has 2 fully saturated rings. The fourth-order valence-electron chi connectivity index (χ4n) is 2.01. The fourth-order valence-corrected chi connectivity index (χ4v) is 2.01. The molecule has 1 aliphatic carbocycles. The van der Waals surface area contributed by atoms with Gasteiger partial charge in [-0.25, -0.2) is 0 Å². The van der Waals surface area contributed by atoms with Gasteiger partial charge in [-0.3, -0.25) is 0 Å². The maximum atomic E-state index is 5.42. The minimum atomic E-state index is 0.737. The van der Waals surface area contributed by atoms with Crippen molar-refractivity contribution in [3.63, 3.8) is 0 Å². The Balaban J connectivity index is 1.55. The van der Waals surface area contributed by atoms with Gasteiger partial charge in [-0.1, -0.05) is 12.8 Å². The Kier molecular flexibility index (Phi) is 3.62. The highest BCUT2D eigenvalue weighted by Gasteiger charge is 2.21. The van der Waals surface area contributed by atoms with Gasteiger partial charge in [0.2, 0.25) is 0 Å². The minimum Gasteiger partial charge on any atom is -0.381 e. The molecule has 2 rings (SSSR count). The summed E-state index contributed by atoms with van der Waals surface area (Å²) in [6, 6.07) is 0.737. The van der Waals surface area contributed by atoms with Gasteiger partial charge in [-0.2, -0.15) is 0 Å². The summed E-state index contributed by atoms with van der Waals surface area (Å²) in [5.41, 5.74) is 0. The van der Waals surface area contributed by atoms with Gasteiger partial charge in [0.15, 0.2) is 0 Å². The molecule has 76 valence electrons. The number of nitrogens with one attached hydrogen (secondary N) is 1. The summed E-state index contributed by atoms with van der Waals surface area (Å²) in [7, 11) is 0. The van der Waals surface area contributed by atoms with Gasteiger partial charge in [0.05, 0.1) is 0 Å². The van der Waals surface area contributed by atoms with Gasteiger partial charge in [0.1, 0.15) is 0 Å². The molecule has 0 spiro atoms. The molecule has 1 atom stereocenters. The largest absolute Gasteiger partial charge is 0.381 e. The van der Waals surface area contributed by atoms with Crippen LogP contribution in [0.4, 0.5) is 0 Å². The number of hydrogen-bond donors (Lipinski definition) is 1. The Labute approximate surface area is 81.0 Å². The zero-order valence-corrected chi connectivity index (χ0v) is 8.43. The molecular weight excluding hydrogens is 162 g/mol. The maximum absolute atomic E-state index is 5.42. The lowest BCUT2D eigenvalue weighted by atomic mass is 10.1. The average molecular weight is 183 g/mol. The van der Waals surface area contributed by atoms with E-state index < -0.39 is 0 Å². The second kappa shape index (κ2) is 4.97. The zero-order valence-electron chi connectivity index (χ0n) is 8.43. The van der Waals surface area contributed by atoms with Crippen molar-refractivity contribution < 1.29 is 4.74 Å². The molecule has 0 aromatic heterocycles. The minimum absolute atomic E-state index is 0.737. The van der Waals surface area contributed by atoms with E-state index >= 15 is 0 Å². The summed E-state index contributed by atoms with van der Waals surface area (Å²) in [4.78, 5) is 0. The topological polar surface area (TPSA) is 21.3 Å². The quantitative estimate of drug-likeness (QED) is 0.719. The Bertz CT molecular complexity index is 137. The van der Waals surface area contributed by atoms with E-state index in [0.29, 0.717) is 0 Å². The fraction of sp³-hybridized carbons (Fsp3) is 1.00. The van der Waals surface area contributed by atoms with Gasteiger partial charge in [-0.15, -0.1) is 0 Å². The highest BCUT2D eigenvalue weighted by atomic mass is 16.5. The molecule has 0 amide bonds. The normalized spacial score (nSPS) is 30.0. The third kappa shape index (κ3) is 3.65. The monoisotopic (exact) mass is 183 g/mol. The summed E-state index contributed by atoms with van der Waals surface area (Å²) < 4.78 is 5.42. The number of ether oxygens (including phenoxy) is 1. The lowest BCUT2D eigenvalue weighted by Gasteiger charge is -2.14. The van der Waals surface area contributed by atoms with Crippen LogP contribution in [0.1, 0.15) is 38.5 Å². The molecule has 1 N–H and O–H groups in total. The molecule has 1 heterocycles. The van der Waals surface area contributed by atoms with Crippen molar-refractivity contribution in [1.82, 2.24) is 5.32 Å². The van der Waals surface area contributed by atoms with Crippen LogP contribution in [-0.2, 0) is 4.74 Å². The van der Waals surface area contributed by atoms with Gasteiger partial charge in [0, 0.05) is 19.3 Å². The molecule has 0 bridgehead atoms. The molecule has 13 heavy (non-hydrogen) atoms. The summed E-state index contributed by atoms with van der Waals surface area (Å²) in [5.74, 6) is 1.06. The summed E-state index contributed by atoms with van der Waals surface area (Å²) >= 11 is 0. The Morgan fingerprint density at radius 3 is 2.85 bits per heavy atom. The first kappa shape index (κ1) is 9.47. The second-order valence-corrected chi connectivity index (χ2v) is 4.43. The van der Waals surface area contributed by atoms with E-state index in [9.17, 15) is 0 Å². The first-order valence-corrected chi connectivity index (χ1v) is 5.76. The lowest BCUT2D eigenvalue weighted by Crippen LogP contribution is -2.30. The van der Waals surface area contributed by atoms with Crippen LogP contribution < -0.4 is 5.32 Å². The third-order valence-corrected chi connectivity index (χ3v) is 3.13. The lowest BCUT2D eigenvalue weighted by molar-refractivity contribution is 0.142. The van der Waals surface area contributed by atoms with Crippen LogP contribution >= 0.6 is 0 Å². The number of hydrogen-bond acceptors (Lipinski definition) is 2. The van der Waals surface area contributed by atoms with Crippen molar-refractivity contribution in [1.29, 1.82) is 0 Å². The van der Waals surface area contributed by atoms with E-state index in [-0.39, 0.29) is 0 Å². The van der Waals surface area contributed by atoms with E-state index in [1.807, 2.05) is 0 Å². The van der Waals surface area contributed by atoms with Gasteiger partial charge >= 0.3 is 0 Å². The second-order valence-electron chi connectivity index (χ2n) is 4.43. The molecule has 0 aromatic carbocycles. The van der Waals surface area contributed by atoms with Crippen LogP contribution in [0.25, 0.3) is 0 Å². The summed E-state index contributed by atoms with van der Waals surface area (Å²) in [6.45, 7) is 3.16. The van der Waals surface area contributed by atoms with E-state index in [4.69, 9.17) is 4.74 Å². The molecule has 0 radical (unpaired) electrons. The van der Waals surface area contributed by atoms with Crippen molar-refractivity contribution in [2.75, 3.05) is 19.8 Å². The van der Waals surface area contributed by atoms with E-state index in [0.717, 1.165) is 25.2 Å². The standard InChI is InChI=1S/C11H21NO/c1-2-11(6-9-13-8-1)12-7-5-10-3-4-10/h10-12H,1-9H2. The molecule has 1 aliphatic heterocycles. The summed E-state index contributed by atoms with van der Waals surface area (Å²) in [6.07, 6.45) is 8.12. The van der Waals surface area contributed by atoms with Crippen molar-refractivity contribution in [2.45, 2.75) is 44.6 Å². The molecular formula is C11H21NO. The highest BCUT2D eigenvalue weighted by molar-refractivity contribution is 4.76. The SMILES string of the molecule is C1COCCC(NCCC2CC2)C1.